The molecule has 0 aliphatic carbocycles. The van der Waals surface area contributed by atoms with Gasteiger partial charge in [-0.1, -0.05) is 35.5 Å². The number of aryl methyl sites for hydroxylation is 1. The highest BCUT2D eigenvalue weighted by Gasteiger charge is 2.21. The second kappa shape index (κ2) is 10.7. The van der Waals surface area contributed by atoms with Crippen LogP contribution in [0.3, 0.4) is 0 Å². The fourth-order valence-electron chi connectivity index (χ4n) is 3.49. The summed E-state index contributed by atoms with van der Waals surface area (Å²) in [5.74, 6) is -0.523. The Morgan fingerprint density at radius 2 is 1.75 bits per heavy atom. The molecule has 2 N–H and O–H groups in total. The van der Waals surface area contributed by atoms with Crippen LogP contribution in [0.15, 0.2) is 77.3 Å². The lowest BCUT2D eigenvalue weighted by atomic mass is 10.1. The van der Waals surface area contributed by atoms with E-state index in [4.69, 9.17) is 19.1 Å². The molecular formula is C27H23FN2O6. The number of hydrogen-bond acceptors (Lipinski definition) is 6. The normalized spacial score (nSPS) is 11.5. The smallest absolute Gasteiger partial charge is 0.412 e. The number of nitrogens with zero attached hydrogens (tertiary/aromatic N) is 1. The predicted molar refractivity (Wildman–Crippen MR) is 129 cm³/mol. The van der Waals surface area contributed by atoms with Gasteiger partial charge in [0.25, 0.3) is 0 Å². The van der Waals surface area contributed by atoms with Crippen LogP contribution in [0.2, 0.25) is 0 Å². The van der Waals surface area contributed by atoms with Crippen molar-refractivity contribution in [3.05, 3.63) is 101 Å². The van der Waals surface area contributed by atoms with Crippen LogP contribution in [-0.4, -0.2) is 22.3 Å². The monoisotopic (exact) mass is 490 g/mol. The minimum Gasteiger partial charge on any atom is -0.489 e. The zero-order chi connectivity index (χ0) is 25.7. The van der Waals surface area contributed by atoms with E-state index >= 15 is 0 Å². The van der Waals surface area contributed by atoms with Gasteiger partial charge in [-0.3, -0.25) is 5.32 Å². The first-order chi connectivity index (χ1) is 17.3. The number of carbonyl (C=O) groups excluding carboxylic acids is 1. The number of anilines is 1. The number of halogens is 1. The van der Waals surface area contributed by atoms with Crippen molar-refractivity contribution in [2.24, 2.45) is 0 Å². The lowest BCUT2D eigenvalue weighted by Crippen LogP contribution is -2.17. The average Bonchev–Trinajstić information content (AvgIpc) is 3.23. The Balaban J connectivity index is 1.40. The summed E-state index contributed by atoms with van der Waals surface area (Å²) in [5, 5.41) is 15.6. The molecule has 0 aliphatic rings. The van der Waals surface area contributed by atoms with E-state index in [1.165, 1.54) is 18.2 Å². The first kappa shape index (κ1) is 24.5. The minimum atomic E-state index is -0.984. The summed E-state index contributed by atoms with van der Waals surface area (Å²) < 4.78 is 30.5. The van der Waals surface area contributed by atoms with Crippen molar-refractivity contribution in [1.29, 1.82) is 0 Å². The van der Waals surface area contributed by atoms with Gasteiger partial charge in [0.15, 0.2) is 5.76 Å². The van der Waals surface area contributed by atoms with E-state index in [-0.39, 0.29) is 17.7 Å². The van der Waals surface area contributed by atoms with Crippen molar-refractivity contribution < 1.29 is 33.1 Å². The number of rotatable bonds is 8. The molecule has 0 spiro atoms. The molecule has 1 atom stereocenters. The molecule has 3 aromatic carbocycles. The zero-order valence-electron chi connectivity index (χ0n) is 19.5. The molecule has 0 fully saturated rings. The first-order valence-electron chi connectivity index (χ1n) is 11.1. The van der Waals surface area contributed by atoms with Gasteiger partial charge >= 0.3 is 12.1 Å². The second-order valence-electron chi connectivity index (χ2n) is 7.98. The number of benzene rings is 3. The lowest BCUT2D eigenvalue weighted by molar-refractivity contribution is 0.0696. The van der Waals surface area contributed by atoms with Gasteiger partial charge in [-0.15, -0.1) is 0 Å². The Morgan fingerprint density at radius 3 is 2.42 bits per heavy atom. The quantitative estimate of drug-likeness (QED) is 0.295. The van der Waals surface area contributed by atoms with E-state index < -0.39 is 24.0 Å². The standard InChI is InChI=1S/C27H23FN2O6/c1-16-24(29-27(33)35-17(2)22-5-3-4-6-23(22)28)25(36-30-16)19-11-13-21(14-12-19)34-15-18-7-9-20(10-8-18)26(31)32/h3-14,17H,15H2,1-2H3,(H,29,33)(H,31,32)/t17-/m1/s1. The Bertz CT molecular complexity index is 1370. The molecule has 0 unspecified atom stereocenters. The van der Waals surface area contributed by atoms with Crippen LogP contribution in [0.5, 0.6) is 5.75 Å². The van der Waals surface area contributed by atoms with Gasteiger partial charge in [0.2, 0.25) is 0 Å². The fourth-order valence-corrected chi connectivity index (χ4v) is 3.49. The topological polar surface area (TPSA) is 111 Å². The third-order valence-corrected chi connectivity index (χ3v) is 5.44. The summed E-state index contributed by atoms with van der Waals surface area (Å²) in [4.78, 5) is 23.5. The molecule has 1 aromatic heterocycles. The van der Waals surface area contributed by atoms with E-state index in [0.717, 1.165) is 5.56 Å². The van der Waals surface area contributed by atoms with E-state index in [1.54, 1.807) is 68.4 Å². The molecule has 9 heteroatoms. The maximum absolute atomic E-state index is 14.0. The Hall–Kier alpha value is -4.66. The van der Waals surface area contributed by atoms with Gasteiger partial charge in [0, 0.05) is 11.1 Å². The third kappa shape index (κ3) is 5.69. The summed E-state index contributed by atoms with van der Waals surface area (Å²) in [6, 6.07) is 19.5. The van der Waals surface area contributed by atoms with Gasteiger partial charge < -0.3 is 19.1 Å². The number of aromatic carboxylic acids is 1. The molecule has 0 radical (unpaired) electrons. The van der Waals surface area contributed by atoms with Crippen LogP contribution in [0.25, 0.3) is 11.3 Å². The highest BCUT2D eigenvalue weighted by molar-refractivity contribution is 5.91. The van der Waals surface area contributed by atoms with Crippen molar-refractivity contribution in [2.45, 2.75) is 26.6 Å². The van der Waals surface area contributed by atoms with Crippen LogP contribution >= 0.6 is 0 Å². The summed E-state index contributed by atoms with van der Waals surface area (Å²) in [6.45, 7) is 3.52. The van der Waals surface area contributed by atoms with Gasteiger partial charge in [-0.2, -0.15) is 0 Å². The molecule has 0 bridgehead atoms. The number of aromatic nitrogens is 1. The van der Waals surface area contributed by atoms with Crippen molar-refractivity contribution in [2.75, 3.05) is 5.32 Å². The van der Waals surface area contributed by atoms with Crippen LogP contribution < -0.4 is 10.1 Å². The Labute approximate surface area is 206 Å². The van der Waals surface area contributed by atoms with Crippen LogP contribution in [0.1, 0.15) is 40.2 Å². The minimum absolute atomic E-state index is 0.209. The Morgan fingerprint density at radius 1 is 1.06 bits per heavy atom. The number of ether oxygens (including phenoxy) is 2. The molecule has 4 rings (SSSR count). The maximum Gasteiger partial charge on any atom is 0.412 e. The molecular weight excluding hydrogens is 467 g/mol. The molecule has 8 nitrogen and oxygen atoms in total. The van der Waals surface area contributed by atoms with Gasteiger partial charge in [-0.25, -0.2) is 14.0 Å². The second-order valence-corrected chi connectivity index (χ2v) is 7.98. The van der Waals surface area contributed by atoms with Crippen LogP contribution in [-0.2, 0) is 11.3 Å². The summed E-state index contributed by atoms with van der Waals surface area (Å²) in [7, 11) is 0. The average molecular weight is 490 g/mol. The van der Waals surface area contributed by atoms with Crippen molar-refractivity contribution >= 4 is 17.7 Å². The number of hydrogen-bond donors (Lipinski definition) is 2. The van der Waals surface area contributed by atoms with Gasteiger partial charge in [0.1, 0.15) is 35.7 Å². The van der Waals surface area contributed by atoms with Gasteiger partial charge in [-0.05, 0) is 61.9 Å². The fraction of sp³-hybridized carbons (Fsp3) is 0.148. The van der Waals surface area contributed by atoms with Crippen LogP contribution in [0, 0.1) is 12.7 Å². The van der Waals surface area contributed by atoms with Gasteiger partial charge in [0.05, 0.1) is 5.56 Å². The molecule has 184 valence electrons. The van der Waals surface area contributed by atoms with Crippen molar-refractivity contribution in [3.8, 4) is 17.1 Å². The highest BCUT2D eigenvalue weighted by Crippen LogP contribution is 2.32. The summed E-state index contributed by atoms with van der Waals surface area (Å²) in [5.41, 5.74) is 2.73. The first-order valence-corrected chi connectivity index (χ1v) is 11.1. The molecule has 0 saturated heterocycles. The lowest BCUT2D eigenvalue weighted by Gasteiger charge is -2.15. The van der Waals surface area contributed by atoms with Crippen LogP contribution in [0.4, 0.5) is 14.9 Å². The van der Waals surface area contributed by atoms with E-state index in [0.29, 0.717) is 28.5 Å². The number of carbonyl (C=O) groups is 2. The van der Waals surface area contributed by atoms with E-state index in [1.807, 2.05) is 0 Å². The SMILES string of the molecule is Cc1noc(-c2ccc(OCc3ccc(C(=O)O)cc3)cc2)c1NC(=O)O[C@H](C)c1ccccc1F. The van der Waals surface area contributed by atoms with Crippen molar-refractivity contribution in [3.63, 3.8) is 0 Å². The maximum atomic E-state index is 14.0. The molecule has 1 amide bonds. The molecule has 36 heavy (non-hydrogen) atoms. The third-order valence-electron chi connectivity index (χ3n) is 5.44. The Kier molecular flexibility index (Phi) is 7.29. The van der Waals surface area contributed by atoms with E-state index in [2.05, 4.69) is 10.5 Å². The predicted octanol–water partition coefficient (Wildman–Crippen LogP) is 6.38. The number of amides is 1. The summed E-state index contributed by atoms with van der Waals surface area (Å²) >= 11 is 0. The zero-order valence-corrected chi connectivity index (χ0v) is 19.5. The number of nitrogens with one attached hydrogen (secondary N) is 1. The number of carboxylic acids is 1. The molecule has 1 heterocycles. The highest BCUT2D eigenvalue weighted by atomic mass is 19.1. The summed E-state index contributed by atoms with van der Waals surface area (Å²) in [6.07, 6.45) is -1.57. The van der Waals surface area contributed by atoms with E-state index in [9.17, 15) is 14.0 Å². The number of carboxylic acid groups (broad SMARTS) is 1. The molecule has 4 aromatic rings. The molecule has 0 aliphatic heterocycles. The van der Waals surface area contributed by atoms with Crippen molar-refractivity contribution in [1.82, 2.24) is 5.16 Å². The largest absolute Gasteiger partial charge is 0.489 e. The molecule has 0 saturated carbocycles.